The van der Waals surface area contributed by atoms with Crippen LogP contribution in [0.15, 0.2) is 78.1 Å². The molecule has 142 valence electrons. The highest BCUT2D eigenvalue weighted by atomic mass is 35.5. The highest BCUT2D eigenvalue weighted by molar-refractivity contribution is 7.93. The van der Waals surface area contributed by atoms with Gasteiger partial charge < -0.3 is 0 Å². The van der Waals surface area contributed by atoms with Gasteiger partial charge in [-0.3, -0.25) is 8.71 Å². The van der Waals surface area contributed by atoms with Crippen LogP contribution in [0.25, 0.3) is 5.65 Å². The van der Waals surface area contributed by atoms with E-state index in [0.29, 0.717) is 10.7 Å². The molecule has 0 N–H and O–H groups in total. The maximum Gasteiger partial charge on any atom is 0.268 e. The van der Waals surface area contributed by atoms with Crippen LogP contribution in [0.3, 0.4) is 0 Å². The molecule has 0 aliphatic heterocycles. The summed E-state index contributed by atoms with van der Waals surface area (Å²) in [5, 5.41) is 8.25. The number of nitrogens with zero attached hydrogens (tertiary/aromatic N) is 4. The number of pyridine rings is 1. The summed E-state index contributed by atoms with van der Waals surface area (Å²) in [5.74, 6) is -0.452. The third kappa shape index (κ3) is 3.44. The van der Waals surface area contributed by atoms with Crippen LogP contribution in [0.4, 0.5) is 10.1 Å². The van der Waals surface area contributed by atoms with Gasteiger partial charge in [-0.05, 0) is 54.1 Å². The summed E-state index contributed by atoms with van der Waals surface area (Å²) in [7, 11) is -4.02. The van der Waals surface area contributed by atoms with Gasteiger partial charge in [0.25, 0.3) is 10.0 Å². The number of benzene rings is 2. The number of sulfonamides is 1. The fraction of sp³-hybridized carbons (Fsp3) is 0.0526. The molecule has 2 aromatic heterocycles. The fourth-order valence-electron chi connectivity index (χ4n) is 2.82. The van der Waals surface area contributed by atoms with E-state index >= 15 is 0 Å². The lowest BCUT2D eigenvalue weighted by molar-refractivity contribution is 0.590. The number of halogens is 2. The molecule has 0 amide bonds. The maximum absolute atomic E-state index is 13.5. The molecule has 0 atom stereocenters. The molecule has 0 radical (unpaired) electrons. The van der Waals surface area contributed by atoms with E-state index in [9.17, 15) is 12.8 Å². The second-order valence-corrected chi connectivity index (χ2v) is 8.32. The molecule has 0 bridgehead atoms. The predicted molar refractivity (Wildman–Crippen MR) is 104 cm³/mol. The standard InChI is InChI=1S/C19H14ClFN4O2S/c20-15-5-3-14(4-6-15)12-25(17-9-7-16(21)8-10-17)28(26,27)18-2-1-11-24-13-22-23-19(18)24/h1-11,13H,12H2. The molecule has 0 unspecified atom stereocenters. The Kier molecular flexibility index (Phi) is 4.74. The molecule has 28 heavy (non-hydrogen) atoms. The van der Waals surface area contributed by atoms with Gasteiger partial charge in [0.2, 0.25) is 0 Å². The Morgan fingerprint density at radius 3 is 2.46 bits per heavy atom. The minimum atomic E-state index is -4.02. The van der Waals surface area contributed by atoms with Crippen molar-refractivity contribution < 1.29 is 12.8 Å². The minimum absolute atomic E-state index is 0.00536. The average Bonchev–Trinajstić information content (AvgIpc) is 3.17. The summed E-state index contributed by atoms with van der Waals surface area (Å²) in [5.41, 5.74) is 1.27. The zero-order valence-electron chi connectivity index (χ0n) is 14.4. The van der Waals surface area contributed by atoms with Crippen LogP contribution >= 0.6 is 11.6 Å². The third-order valence-corrected chi connectivity index (χ3v) is 6.26. The molecule has 9 heteroatoms. The van der Waals surface area contributed by atoms with E-state index < -0.39 is 15.8 Å². The zero-order valence-corrected chi connectivity index (χ0v) is 16.0. The van der Waals surface area contributed by atoms with Gasteiger partial charge in [-0.1, -0.05) is 23.7 Å². The lowest BCUT2D eigenvalue weighted by atomic mass is 10.2. The van der Waals surface area contributed by atoms with Gasteiger partial charge in [-0.15, -0.1) is 10.2 Å². The van der Waals surface area contributed by atoms with Crippen LogP contribution in [-0.2, 0) is 16.6 Å². The molecule has 0 saturated heterocycles. The Morgan fingerprint density at radius 1 is 1.04 bits per heavy atom. The molecular formula is C19H14ClFN4O2S. The largest absolute Gasteiger partial charge is 0.288 e. The first kappa shape index (κ1) is 18.4. The van der Waals surface area contributed by atoms with Crippen molar-refractivity contribution in [2.45, 2.75) is 11.4 Å². The number of hydrogen-bond donors (Lipinski definition) is 0. The summed E-state index contributed by atoms with van der Waals surface area (Å²) < 4.78 is 43.2. The van der Waals surface area contributed by atoms with E-state index in [-0.39, 0.29) is 17.1 Å². The summed E-state index contributed by atoms with van der Waals surface area (Å²) in [6.45, 7) is 0.0420. The Balaban J connectivity index is 1.85. The summed E-state index contributed by atoms with van der Waals surface area (Å²) in [4.78, 5) is 0.00536. The summed E-state index contributed by atoms with van der Waals surface area (Å²) in [6, 6.07) is 15.2. The molecule has 0 aliphatic carbocycles. The van der Waals surface area contributed by atoms with Gasteiger partial charge in [-0.2, -0.15) is 0 Å². The highest BCUT2D eigenvalue weighted by Crippen LogP contribution is 2.28. The van der Waals surface area contributed by atoms with Gasteiger partial charge in [0.05, 0.1) is 12.2 Å². The highest BCUT2D eigenvalue weighted by Gasteiger charge is 2.28. The first-order valence-electron chi connectivity index (χ1n) is 8.26. The molecule has 0 fully saturated rings. The van der Waals surface area contributed by atoms with E-state index in [4.69, 9.17) is 11.6 Å². The number of rotatable bonds is 5. The first-order chi connectivity index (χ1) is 13.4. The zero-order chi connectivity index (χ0) is 19.7. The topological polar surface area (TPSA) is 67.6 Å². The van der Waals surface area contributed by atoms with Crippen molar-refractivity contribution in [3.05, 3.63) is 89.6 Å². The van der Waals surface area contributed by atoms with Crippen LogP contribution in [0.1, 0.15) is 5.56 Å². The average molecular weight is 417 g/mol. The second-order valence-electron chi connectivity index (χ2n) is 6.05. The van der Waals surface area contributed by atoms with Gasteiger partial charge in [0, 0.05) is 11.2 Å². The number of aromatic nitrogens is 3. The van der Waals surface area contributed by atoms with E-state index in [1.165, 1.54) is 45.4 Å². The third-order valence-electron chi connectivity index (χ3n) is 4.21. The van der Waals surface area contributed by atoms with Crippen LogP contribution in [0.2, 0.25) is 5.02 Å². The van der Waals surface area contributed by atoms with Crippen molar-refractivity contribution in [1.29, 1.82) is 0 Å². The second kappa shape index (κ2) is 7.21. The fourth-order valence-corrected chi connectivity index (χ4v) is 4.53. The van der Waals surface area contributed by atoms with E-state index in [1.54, 1.807) is 36.5 Å². The lowest BCUT2D eigenvalue weighted by Gasteiger charge is -2.25. The maximum atomic E-state index is 13.5. The molecular weight excluding hydrogens is 403 g/mol. The minimum Gasteiger partial charge on any atom is -0.288 e. The van der Waals surface area contributed by atoms with Gasteiger partial charge >= 0.3 is 0 Å². The van der Waals surface area contributed by atoms with Crippen molar-refractivity contribution in [2.75, 3.05) is 4.31 Å². The molecule has 4 rings (SSSR count). The Hall–Kier alpha value is -2.97. The van der Waals surface area contributed by atoms with Crippen LogP contribution in [0.5, 0.6) is 0 Å². The monoisotopic (exact) mass is 416 g/mol. The molecule has 2 aromatic carbocycles. The van der Waals surface area contributed by atoms with Gasteiger partial charge in [0.1, 0.15) is 17.0 Å². The quantitative estimate of drug-likeness (QED) is 0.494. The van der Waals surface area contributed by atoms with Gasteiger partial charge in [-0.25, -0.2) is 12.8 Å². The first-order valence-corrected chi connectivity index (χ1v) is 10.1. The van der Waals surface area contributed by atoms with Crippen molar-refractivity contribution in [3.8, 4) is 0 Å². The Bertz CT molecular complexity index is 1230. The number of fused-ring (bicyclic) bond motifs is 1. The number of hydrogen-bond acceptors (Lipinski definition) is 4. The molecule has 2 heterocycles. The number of anilines is 1. The van der Waals surface area contributed by atoms with Gasteiger partial charge in [0.15, 0.2) is 5.65 Å². The van der Waals surface area contributed by atoms with E-state index in [2.05, 4.69) is 10.2 Å². The Labute approximate surface area is 165 Å². The van der Waals surface area contributed by atoms with Crippen molar-refractivity contribution in [2.24, 2.45) is 0 Å². The van der Waals surface area contributed by atoms with Crippen molar-refractivity contribution >= 4 is 33.0 Å². The lowest BCUT2D eigenvalue weighted by Crippen LogP contribution is -2.31. The van der Waals surface area contributed by atoms with Crippen molar-refractivity contribution in [1.82, 2.24) is 14.6 Å². The normalized spacial score (nSPS) is 11.6. The molecule has 0 spiro atoms. The molecule has 0 saturated carbocycles. The van der Waals surface area contributed by atoms with E-state index in [1.807, 2.05) is 0 Å². The predicted octanol–water partition coefficient (Wildman–Crippen LogP) is 3.92. The molecule has 4 aromatic rings. The van der Waals surface area contributed by atoms with Crippen LogP contribution < -0.4 is 4.31 Å². The van der Waals surface area contributed by atoms with E-state index in [0.717, 1.165) is 5.56 Å². The summed E-state index contributed by atoms with van der Waals surface area (Å²) in [6.07, 6.45) is 3.09. The summed E-state index contributed by atoms with van der Waals surface area (Å²) >= 11 is 5.93. The molecule has 0 aliphatic rings. The Morgan fingerprint density at radius 2 is 1.75 bits per heavy atom. The van der Waals surface area contributed by atoms with Crippen LogP contribution in [-0.4, -0.2) is 23.0 Å². The SMILES string of the molecule is O=S(=O)(c1cccn2cnnc12)N(Cc1ccc(Cl)cc1)c1ccc(F)cc1. The van der Waals surface area contributed by atoms with Crippen molar-refractivity contribution in [3.63, 3.8) is 0 Å². The smallest absolute Gasteiger partial charge is 0.268 e. The van der Waals surface area contributed by atoms with Crippen LogP contribution in [0, 0.1) is 5.82 Å². The molecule has 6 nitrogen and oxygen atoms in total.